The van der Waals surface area contributed by atoms with Gasteiger partial charge < -0.3 is 10.0 Å². The molecule has 1 heterocycles. The molecule has 0 radical (unpaired) electrons. The Kier molecular flexibility index (Phi) is 4.17. The molecule has 0 bridgehead atoms. The van der Waals surface area contributed by atoms with Crippen molar-refractivity contribution in [3.8, 4) is 0 Å². The second-order valence-electron chi connectivity index (χ2n) is 4.91. The summed E-state index contributed by atoms with van der Waals surface area (Å²) >= 11 is 0. The van der Waals surface area contributed by atoms with Crippen molar-refractivity contribution in [1.29, 1.82) is 0 Å². The molecule has 1 aromatic carbocycles. The predicted octanol–water partition coefficient (Wildman–Crippen LogP) is 3.08. The van der Waals surface area contributed by atoms with Crippen molar-refractivity contribution in [3.05, 3.63) is 59.3 Å². The van der Waals surface area contributed by atoms with Crippen molar-refractivity contribution in [2.24, 2.45) is 0 Å². The molecule has 0 amide bonds. The van der Waals surface area contributed by atoms with E-state index in [9.17, 15) is 5.11 Å². The van der Waals surface area contributed by atoms with Crippen LogP contribution in [0.4, 0.5) is 5.82 Å². The summed E-state index contributed by atoms with van der Waals surface area (Å²) in [4.78, 5) is 6.45. The first-order valence-corrected chi connectivity index (χ1v) is 6.47. The zero-order valence-electron chi connectivity index (χ0n) is 11.7. The first-order valence-electron chi connectivity index (χ1n) is 6.47. The van der Waals surface area contributed by atoms with Gasteiger partial charge in [0.05, 0.1) is 6.10 Å². The molecule has 2 aromatic rings. The molecule has 0 saturated carbocycles. The quantitative estimate of drug-likeness (QED) is 0.913. The summed E-state index contributed by atoms with van der Waals surface area (Å²) in [6, 6.07) is 12.1. The Morgan fingerprint density at radius 3 is 2.68 bits per heavy atom. The fourth-order valence-corrected chi connectivity index (χ4v) is 2.03. The number of anilines is 1. The summed E-state index contributed by atoms with van der Waals surface area (Å²) in [5, 5.41) is 9.62. The average Bonchev–Trinajstić information content (AvgIpc) is 2.41. The van der Waals surface area contributed by atoms with Crippen LogP contribution in [0.15, 0.2) is 42.6 Å². The highest BCUT2D eigenvalue weighted by molar-refractivity contribution is 5.42. The van der Waals surface area contributed by atoms with E-state index >= 15 is 0 Å². The third kappa shape index (κ3) is 3.32. The molecular formula is C16H20N2O. The van der Waals surface area contributed by atoms with Gasteiger partial charge >= 0.3 is 0 Å². The number of aromatic nitrogens is 1. The predicted molar refractivity (Wildman–Crippen MR) is 78.2 cm³/mol. The van der Waals surface area contributed by atoms with Gasteiger partial charge in [0.1, 0.15) is 5.82 Å². The first kappa shape index (κ1) is 13.6. The third-order valence-electron chi connectivity index (χ3n) is 3.31. The molecular weight excluding hydrogens is 236 g/mol. The number of benzene rings is 1. The smallest absolute Gasteiger partial charge is 0.128 e. The largest absolute Gasteiger partial charge is 0.389 e. The van der Waals surface area contributed by atoms with Crippen LogP contribution in [0.5, 0.6) is 0 Å². The normalized spacial score (nSPS) is 12.2. The van der Waals surface area contributed by atoms with Crippen molar-refractivity contribution in [3.63, 3.8) is 0 Å². The molecule has 1 atom stereocenters. The van der Waals surface area contributed by atoms with Crippen molar-refractivity contribution < 1.29 is 5.11 Å². The molecule has 0 spiro atoms. The van der Waals surface area contributed by atoms with Crippen LogP contribution in [-0.4, -0.2) is 17.1 Å². The van der Waals surface area contributed by atoms with Crippen LogP contribution in [0.1, 0.15) is 29.7 Å². The molecule has 2 rings (SSSR count). The standard InChI is InChI=1S/C16H20N2O/c1-12-6-4-5-7-15(12)11-18(3)16-10-14(13(2)19)8-9-17-16/h4-10,13,19H,11H2,1-3H3/t13-/m0/s1. The fraction of sp³-hybridized carbons (Fsp3) is 0.312. The number of aliphatic hydroxyl groups is 1. The Labute approximate surface area is 114 Å². The van der Waals surface area contributed by atoms with Crippen molar-refractivity contribution in [2.45, 2.75) is 26.5 Å². The van der Waals surface area contributed by atoms with Crippen LogP contribution in [0.25, 0.3) is 0 Å². The van der Waals surface area contributed by atoms with Gasteiger partial charge in [-0.15, -0.1) is 0 Å². The molecule has 100 valence electrons. The second-order valence-corrected chi connectivity index (χ2v) is 4.91. The Bertz CT molecular complexity index is 552. The number of rotatable bonds is 4. The number of hydrogen-bond acceptors (Lipinski definition) is 3. The number of aryl methyl sites for hydroxylation is 1. The zero-order chi connectivity index (χ0) is 13.8. The monoisotopic (exact) mass is 256 g/mol. The van der Waals surface area contributed by atoms with Crippen LogP contribution < -0.4 is 4.90 Å². The minimum absolute atomic E-state index is 0.464. The Hall–Kier alpha value is -1.87. The highest BCUT2D eigenvalue weighted by Gasteiger charge is 2.08. The maximum atomic E-state index is 9.62. The van der Waals surface area contributed by atoms with E-state index in [1.54, 1.807) is 13.1 Å². The number of hydrogen-bond donors (Lipinski definition) is 1. The van der Waals surface area contributed by atoms with E-state index in [2.05, 4.69) is 35.0 Å². The summed E-state index contributed by atoms with van der Waals surface area (Å²) in [5.41, 5.74) is 3.46. The van der Waals surface area contributed by atoms with E-state index < -0.39 is 6.10 Å². The lowest BCUT2D eigenvalue weighted by atomic mass is 10.1. The van der Waals surface area contributed by atoms with Gasteiger partial charge in [-0.1, -0.05) is 24.3 Å². The molecule has 0 aliphatic heterocycles. The highest BCUT2D eigenvalue weighted by atomic mass is 16.3. The van der Waals surface area contributed by atoms with E-state index in [0.29, 0.717) is 0 Å². The summed E-state index contributed by atoms with van der Waals surface area (Å²) in [5.74, 6) is 0.877. The molecule has 3 nitrogen and oxygen atoms in total. The van der Waals surface area contributed by atoms with E-state index in [1.807, 2.05) is 25.2 Å². The minimum atomic E-state index is -0.464. The number of aliphatic hydroxyl groups excluding tert-OH is 1. The minimum Gasteiger partial charge on any atom is -0.389 e. The van der Waals surface area contributed by atoms with Crippen molar-refractivity contribution in [1.82, 2.24) is 4.98 Å². The molecule has 0 aliphatic carbocycles. The molecule has 1 N–H and O–H groups in total. The van der Waals surface area contributed by atoms with Crippen LogP contribution in [0.2, 0.25) is 0 Å². The molecule has 0 unspecified atom stereocenters. The van der Waals surface area contributed by atoms with E-state index in [0.717, 1.165) is 17.9 Å². The molecule has 1 aromatic heterocycles. The van der Waals surface area contributed by atoms with E-state index in [4.69, 9.17) is 0 Å². The average molecular weight is 256 g/mol. The fourth-order valence-electron chi connectivity index (χ4n) is 2.03. The van der Waals surface area contributed by atoms with Crippen LogP contribution >= 0.6 is 0 Å². The maximum absolute atomic E-state index is 9.62. The molecule has 0 aliphatic rings. The molecule has 19 heavy (non-hydrogen) atoms. The van der Waals surface area contributed by atoms with Crippen LogP contribution in [0, 0.1) is 6.92 Å². The first-order chi connectivity index (χ1) is 9.08. The summed E-state index contributed by atoms with van der Waals surface area (Å²) < 4.78 is 0. The van der Waals surface area contributed by atoms with E-state index in [-0.39, 0.29) is 0 Å². The number of nitrogens with zero attached hydrogens (tertiary/aromatic N) is 2. The molecule has 0 saturated heterocycles. The van der Waals surface area contributed by atoms with Gasteiger partial charge in [-0.25, -0.2) is 4.98 Å². The highest BCUT2D eigenvalue weighted by Crippen LogP contribution is 2.19. The van der Waals surface area contributed by atoms with Crippen molar-refractivity contribution in [2.75, 3.05) is 11.9 Å². The summed E-state index contributed by atoms with van der Waals surface area (Å²) in [6.07, 6.45) is 1.28. The Balaban J connectivity index is 2.18. The van der Waals surface area contributed by atoms with Gasteiger partial charge in [-0.2, -0.15) is 0 Å². The van der Waals surface area contributed by atoms with Gasteiger partial charge in [0.25, 0.3) is 0 Å². The van der Waals surface area contributed by atoms with E-state index in [1.165, 1.54) is 11.1 Å². The SMILES string of the molecule is Cc1ccccc1CN(C)c1cc([C@H](C)O)ccn1. The maximum Gasteiger partial charge on any atom is 0.128 e. The summed E-state index contributed by atoms with van der Waals surface area (Å²) in [7, 11) is 2.01. The van der Waals surface area contributed by atoms with Gasteiger partial charge in [-0.05, 0) is 42.7 Å². The zero-order valence-corrected chi connectivity index (χ0v) is 11.7. The lowest BCUT2D eigenvalue weighted by molar-refractivity contribution is 0.199. The number of pyridine rings is 1. The Morgan fingerprint density at radius 1 is 1.26 bits per heavy atom. The van der Waals surface area contributed by atoms with Gasteiger partial charge in [0, 0.05) is 19.8 Å². The lowest BCUT2D eigenvalue weighted by Crippen LogP contribution is -2.18. The summed E-state index contributed by atoms with van der Waals surface area (Å²) in [6.45, 7) is 4.69. The van der Waals surface area contributed by atoms with Crippen LogP contribution in [-0.2, 0) is 6.54 Å². The Morgan fingerprint density at radius 2 is 2.00 bits per heavy atom. The van der Waals surface area contributed by atoms with Crippen molar-refractivity contribution >= 4 is 5.82 Å². The lowest BCUT2D eigenvalue weighted by Gasteiger charge is -2.20. The topological polar surface area (TPSA) is 36.4 Å². The van der Waals surface area contributed by atoms with Gasteiger partial charge in [0.2, 0.25) is 0 Å². The second kappa shape index (κ2) is 5.85. The molecule has 0 fully saturated rings. The van der Waals surface area contributed by atoms with Gasteiger partial charge in [-0.3, -0.25) is 0 Å². The molecule has 3 heteroatoms. The third-order valence-corrected chi connectivity index (χ3v) is 3.31. The van der Waals surface area contributed by atoms with Gasteiger partial charge in [0.15, 0.2) is 0 Å². The van der Waals surface area contributed by atoms with Crippen LogP contribution in [0.3, 0.4) is 0 Å².